The maximum Gasteiger partial charge on any atom is 0.0105 e. The molecule has 0 N–H and O–H groups in total. The van der Waals surface area contributed by atoms with Gasteiger partial charge >= 0.3 is 0 Å². The van der Waals surface area contributed by atoms with Crippen LogP contribution < -0.4 is 0 Å². The molecular formula is C15H34N2. The van der Waals surface area contributed by atoms with E-state index in [1.165, 1.54) is 38.9 Å². The van der Waals surface area contributed by atoms with Crippen molar-refractivity contribution in [3.8, 4) is 0 Å². The Morgan fingerprint density at radius 3 is 2.00 bits per heavy atom. The summed E-state index contributed by atoms with van der Waals surface area (Å²) in [6, 6.07) is 0.767. The zero-order valence-corrected chi connectivity index (χ0v) is 13.0. The van der Waals surface area contributed by atoms with Crippen molar-refractivity contribution >= 4 is 0 Å². The number of hydrogen-bond donors (Lipinski definition) is 0. The van der Waals surface area contributed by atoms with Gasteiger partial charge in [0.05, 0.1) is 0 Å². The number of rotatable bonds is 10. The molecule has 0 aliphatic carbocycles. The molecule has 0 saturated carbocycles. The molecule has 17 heavy (non-hydrogen) atoms. The van der Waals surface area contributed by atoms with Crippen LogP contribution in [0.5, 0.6) is 0 Å². The lowest BCUT2D eigenvalue weighted by atomic mass is 10.0. The van der Waals surface area contributed by atoms with Crippen molar-refractivity contribution < 1.29 is 0 Å². The van der Waals surface area contributed by atoms with E-state index >= 15 is 0 Å². The Balaban J connectivity index is 4.18. The fraction of sp³-hybridized carbons (Fsp3) is 1.00. The molecular weight excluding hydrogens is 208 g/mol. The predicted octanol–water partition coefficient (Wildman–Crippen LogP) is 3.47. The van der Waals surface area contributed by atoms with E-state index in [9.17, 15) is 0 Å². The van der Waals surface area contributed by atoms with Crippen LogP contribution in [0.2, 0.25) is 0 Å². The monoisotopic (exact) mass is 242 g/mol. The van der Waals surface area contributed by atoms with E-state index in [0.29, 0.717) is 0 Å². The van der Waals surface area contributed by atoms with Crippen LogP contribution in [0.15, 0.2) is 0 Å². The van der Waals surface area contributed by atoms with E-state index in [0.717, 1.165) is 18.5 Å². The third-order valence-corrected chi connectivity index (χ3v) is 4.02. The Hall–Kier alpha value is -0.0800. The molecule has 0 fully saturated rings. The molecule has 0 aliphatic rings. The summed E-state index contributed by atoms with van der Waals surface area (Å²) in [6.07, 6.45) is 3.88. The third kappa shape index (κ3) is 7.05. The molecule has 0 aromatic carbocycles. The van der Waals surface area contributed by atoms with Crippen LogP contribution in [0, 0.1) is 5.92 Å². The molecule has 0 bridgehead atoms. The topological polar surface area (TPSA) is 6.48 Å². The first-order valence-corrected chi connectivity index (χ1v) is 7.51. The molecule has 0 saturated heterocycles. The summed E-state index contributed by atoms with van der Waals surface area (Å²) >= 11 is 0. The Morgan fingerprint density at radius 1 is 0.941 bits per heavy atom. The lowest BCUT2D eigenvalue weighted by molar-refractivity contribution is 0.153. The van der Waals surface area contributed by atoms with Gasteiger partial charge in [-0.3, -0.25) is 0 Å². The fourth-order valence-electron chi connectivity index (χ4n) is 2.24. The molecule has 0 aromatic rings. The molecule has 0 heterocycles. The normalized spacial score (nSPS) is 15.5. The quantitative estimate of drug-likeness (QED) is 0.579. The minimum atomic E-state index is 0.767. The summed E-state index contributed by atoms with van der Waals surface area (Å²) in [5.41, 5.74) is 0. The van der Waals surface area contributed by atoms with Crippen LogP contribution in [-0.4, -0.2) is 49.1 Å². The van der Waals surface area contributed by atoms with Gasteiger partial charge in [0.1, 0.15) is 0 Å². The van der Waals surface area contributed by atoms with Crippen LogP contribution in [-0.2, 0) is 0 Å². The van der Waals surface area contributed by atoms with Gasteiger partial charge in [-0.05, 0) is 45.4 Å². The van der Waals surface area contributed by atoms with E-state index in [-0.39, 0.29) is 0 Å². The molecule has 2 atom stereocenters. The Labute approximate surface area is 109 Å². The minimum absolute atomic E-state index is 0.767. The van der Waals surface area contributed by atoms with Crippen molar-refractivity contribution in [3.05, 3.63) is 0 Å². The minimum Gasteiger partial charge on any atom is -0.307 e. The average molecular weight is 242 g/mol. The van der Waals surface area contributed by atoms with Crippen molar-refractivity contribution in [2.45, 2.75) is 59.9 Å². The van der Waals surface area contributed by atoms with Crippen molar-refractivity contribution in [3.63, 3.8) is 0 Å². The second kappa shape index (κ2) is 9.90. The molecule has 0 amide bonds. The van der Waals surface area contributed by atoms with Gasteiger partial charge in [-0.25, -0.2) is 0 Å². The first-order valence-electron chi connectivity index (χ1n) is 7.51. The zero-order valence-electron chi connectivity index (χ0n) is 13.0. The molecule has 2 heteroatoms. The fourth-order valence-corrected chi connectivity index (χ4v) is 2.24. The van der Waals surface area contributed by atoms with E-state index in [1.54, 1.807) is 0 Å². The summed E-state index contributed by atoms with van der Waals surface area (Å²) in [5, 5.41) is 0. The first-order chi connectivity index (χ1) is 8.08. The first kappa shape index (κ1) is 16.9. The molecule has 0 aliphatic heterocycles. The van der Waals surface area contributed by atoms with Gasteiger partial charge in [0, 0.05) is 12.6 Å². The molecule has 2 unspecified atom stereocenters. The smallest absolute Gasteiger partial charge is 0.0105 e. The summed E-state index contributed by atoms with van der Waals surface area (Å²) in [4.78, 5) is 5.09. The van der Waals surface area contributed by atoms with Gasteiger partial charge in [-0.2, -0.15) is 0 Å². The second-order valence-corrected chi connectivity index (χ2v) is 5.35. The Morgan fingerprint density at radius 2 is 1.59 bits per heavy atom. The lowest BCUT2D eigenvalue weighted by Crippen LogP contribution is -2.39. The van der Waals surface area contributed by atoms with E-state index in [1.807, 2.05) is 0 Å². The predicted molar refractivity (Wildman–Crippen MR) is 78.6 cm³/mol. The van der Waals surface area contributed by atoms with Crippen molar-refractivity contribution in [1.29, 1.82) is 0 Å². The van der Waals surface area contributed by atoms with E-state index < -0.39 is 0 Å². The van der Waals surface area contributed by atoms with Gasteiger partial charge in [0.25, 0.3) is 0 Å². The highest BCUT2D eigenvalue weighted by Gasteiger charge is 2.17. The summed E-state index contributed by atoms with van der Waals surface area (Å²) in [6.45, 7) is 16.4. The standard InChI is InChI=1S/C15H34N2/c1-7-14(5)13-17(10-4)15(8-2)11-12-16(6)9-3/h14-15H,7-13H2,1-6H3. The number of nitrogens with zero attached hydrogens (tertiary/aromatic N) is 2. The number of hydrogen-bond acceptors (Lipinski definition) is 2. The van der Waals surface area contributed by atoms with Gasteiger partial charge in [-0.15, -0.1) is 0 Å². The maximum absolute atomic E-state index is 2.68. The zero-order chi connectivity index (χ0) is 13.3. The van der Waals surface area contributed by atoms with Gasteiger partial charge in [0.2, 0.25) is 0 Å². The third-order valence-electron chi connectivity index (χ3n) is 4.02. The van der Waals surface area contributed by atoms with Gasteiger partial charge in [0.15, 0.2) is 0 Å². The molecule has 0 aromatic heterocycles. The summed E-state index contributed by atoms with van der Waals surface area (Å²) in [5.74, 6) is 0.827. The van der Waals surface area contributed by atoms with Crippen LogP contribution in [0.3, 0.4) is 0 Å². The highest BCUT2D eigenvalue weighted by Crippen LogP contribution is 2.13. The van der Waals surface area contributed by atoms with Crippen molar-refractivity contribution in [2.75, 3.05) is 33.2 Å². The Kier molecular flexibility index (Phi) is 9.85. The summed E-state index contributed by atoms with van der Waals surface area (Å²) < 4.78 is 0. The van der Waals surface area contributed by atoms with Gasteiger partial charge < -0.3 is 9.80 Å². The summed E-state index contributed by atoms with van der Waals surface area (Å²) in [7, 11) is 2.22. The molecule has 0 spiro atoms. The second-order valence-electron chi connectivity index (χ2n) is 5.35. The molecule has 0 rings (SSSR count). The Bertz CT molecular complexity index is 170. The lowest BCUT2D eigenvalue weighted by Gasteiger charge is -2.33. The highest BCUT2D eigenvalue weighted by molar-refractivity contribution is 4.72. The van der Waals surface area contributed by atoms with E-state index in [2.05, 4.69) is 51.5 Å². The van der Waals surface area contributed by atoms with Gasteiger partial charge in [-0.1, -0.05) is 41.0 Å². The molecule has 104 valence electrons. The van der Waals surface area contributed by atoms with Crippen LogP contribution in [0.1, 0.15) is 53.9 Å². The van der Waals surface area contributed by atoms with E-state index in [4.69, 9.17) is 0 Å². The van der Waals surface area contributed by atoms with Crippen molar-refractivity contribution in [1.82, 2.24) is 9.80 Å². The SMILES string of the molecule is CCC(C)CN(CC)C(CC)CCN(C)CC. The highest BCUT2D eigenvalue weighted by atomic mass is 15.2. The van der Waals surface area contributed by atoms with Crippen molar-refractivity contribution in [2.24, 2.45) is 5.92 Å². The maximum atomic E-state index is 2.68. The van der Waals surface area contributed by atoms with Crippen LogP contribution >= 0.6 is 0 Å². The molecule has 0 radical (unpaired) electrons. The largest absolute Gasteiger partial charge is 0.307 e. The van der Waals surface area contributed by atoms with Crippen LogP contribution in [0.4, 0.5) is 0 Å². The van der Waals surface area contributed by atoms with Crippen LogP contribution in [0.25, 0.3) is 0 Å². The molecule has 2 nitrogen and oxygen atoms in total. The average Bonchev–Trinajstić information content (AvgIpc) is 2.36.